The van der Waals surface area contributed by atoms with Gasteiger partial charge in [0.15, 0.2) is 0 Å². The molecule has 2 aliphatic rings. The van der Waals surface area contributed by atoms with Gasteiger partial charge in [-0.1, -0.05) is 6.42 Å². The fourth-order valence-electron chi connectivity index (χ4n) is 3.48. The highest BCUT2D eigenvalue weighted by molar-refractivity contribution is 5.74. The van der Waals surface area contributed by atoms with E-state index in [1.165, 1.54) is 32.1 Å². The molecule has 1 heterocycles. The zero-order valence-corrected chi connectivity index (χ0v) is 12.2. The average Bonchev–Trinajstić information content (AvgIpc) is 2.90. The van der Waals surface area contributed by atoms with E-state index in [2.05, 4.69) is 10.2 Å². The summed E-state index contributed by atoms with van der Waals surface area (Å²) in [5, 5.41) is 3.07. The Balaban J connectivity index is 1.65. The Morgan fingerprint density at radius 2 is 2.11 bits per heavy atom. The van der Waals surface area contributed by atoms with Crippen molar-refractivity contribution >= 4 is 6.03 Å². The molecule has 0 aromatic heterocycles. The molecule has 0 aromatic carbocycles. The van der Waals surface area contributed by atoms with Gasteiger partial charge in [0.25, 0.3) is 0 Å². The van der Waals surface area contributed by atoms with E-state index in [0.717, 1.165) is 45.1 Å². The first-order valence-electron chi connectivity index (χ1n) is 7.95. The van der Waals surface area contributed by atoms with Gasteiger partial charge in [-0.05, 0) is 51.4 Å². The van der Waals surface area contributed by atoms with Crippen LogP contribution in [0.15, 0.2) is 0 Å². The maximum Gasteiger partial charge on any atom is 0.317 e. The first-order chi connectivity index (χ1) is 9.33. The minimum atomic E-state index is 0.160. The molecule has 0 radical (unpaired) electrons. The quantitative estimate of drug-likeness (QED) is 0.753. The van der Waals surface area contributed by atoms with Crippen molar-refractivity contribution in [3.8, 4) is 0 Å². The first-order valence-corrected chi connectivity index (χ1v) is 7.95. The maximum atomic E-state index is 12.2. The molecule has 0 spiro atoms. The van der Waals surface area contributed by atoms with Crippen molar-refractivity contribution in [2.24, 2.45) is 5.92 Å². The number of unbranched alkanes of at least 4 members (excludes halogenated alkanes) is 1. The van der Waals surface area contributed by atoms with E-state index in [9.17, 15) is 4.79 Å². The van der Waals surface area contributed by atoms with E-state index in [4.69, 9.17) is 4.74 Å². The first kappa shape index (κ1) is 14.6. The lowest BCUT2D eigenvalue weighted by molar-refractivity contribution is 0.127. The number of carbonyl (C=O) groups is 1. The fourth-order valence-corrected chi connectivity index (χ4v) is 3.48. The zero-order chi connectivity index (χ0) is 13.5. The Labute approximate surface area is 116 Å². The van der Waals surface area contributed by atoms with Crippen LogP contribution in [0, 0.1) is 5.92 Å². The molecular weight excluding hydrogens is 240 g/mol. The van der Waals surface area contributed by atoms with Crippen LogP contribution in [-0.2, 0) is 4.74 Å². The molecule has 1 aliphatic carbocycles. The monoisotopic (exact) mass is 268 g/mol. The van der Waals surface area contributed by atoms with Crippen LogP contribution in [-0.4, -0.2) is 43.3 Å². The minimum Gasteiger partial charge on any atom is -0.382 e. The molecular formula is C15H28N2O2. The zero-order valence-electron chi connectivity index (χ0n) is 12.2. The molecule has 110 valence electrons. The van der Waals surface area contributed by atoms with Gasteiger partial charge in [-0.3, -0.25) is 0 Å². The van der Waals surface area contributed by atoms with E-state index in [-0.39, 0.29) is 6.03 Å². The van der Waals surface area contributed by atoms with Gasteiger partial charge in [-0.25, -0.2) is 4.79 Å². The predicted molar refractivity (Wildman–Crippen MR) is 76.2 cm³/mol. The maximum absolute atomic E-state index is 12.2. The van der Waals surface area contributed by atoms with E-state index in [1.807, 2.05) is 6.92 Å². The summed E-state index contributed by atoms with van der Waals surface area (Å²) in [5.74, 6) is 0.775. The second-order valence-electron chi connectivity index (χ2n) is 5.73. The van der Waals surface area contributed by atoms with Crippen LogP contribution < -0.4 is 5.32 Å². The van der Waals surface area contributed by atoms with Crippen molar-refractivity contribution in [2.75, 3.05) is 26.3 Å². The summed E-state index contributed by atoms with van der Waals surface area (Å²) < 4.78 is 5.29. The summed E-state index contributed by atoms with van der Waals surface area (Å²) in [4.78, 5) is 14.3. The smallest absolute Gasteiger partial charge is 0.317 e. The van der Waals surface area contributed by atoms with Gasteiger partial charge < -0.3 is 15.0 Å². The summed E-state index contributed by atoms with van der Waals surface area (Å²) >= 11 is 0. The summed E-state index contributed by atoms with van der Waals surface area (Å²) in [5.41, 5.74) is 0. The second kappa shape index (κ2) is 7.73. The largest absolute Gasteiger partial charge is 0.382 e. The number of likely N-dealkylation sites (tertiary alicyclic amines) is 1. The predicted octanol–water partition coefficient (Wildman–Crippen LogP) is 2.78. The molecule has 19 heavy (non-hydrogen) atoms. The normalized spacial score (nSPS) is 26.3. The number of amides is 2. The molecule has 1 aliphatic heterocycles. The van der Waals surface area contributed by atoms with Gasteiger partial charge >= 0.3 is 6.03 Å². The van der Waals surface area contributed by atoms with Crippen LogP contribution in [0.5, 0.6) is 0 Å². The van der Waals surface area contributed by atoms with Crippen LogP contribution in [0.3, 0.4) is 0 Å². The number of carbonyl (C=O) groups excluding carboxylic acids is 1. The van der Waals surface area contributed by atoms with Crippen LogP contribution in [0.2, 0.25) is 0 Å². The minimum absolute atomic E-state index is 0.160. The van der Waals surface area contributed by atoms with E-state index in [1.54, 1.807) is 0 Å². The molecule has 0 bridgehead atoms. The molecule has 4 nitrogen and oxygen atoms in total. The van der Waals surface area contributed by atoms with Gasteiger partial charge in [0, 0.05) is 32.3 Å². The summed E-state index contributed by atoms with van der Waals surface area (Å²) in [7, 11) is 0. The van der Waals surface area contributed by atoms with Crippen molar-refractivity contribution in [1.82, 2.24) is 10.2 Å². The Morgan fingerprint density at radius 3 is 2.95 bits per heavy atom. The summed E-state index contributed by atoms with van der Waals surface area (Å²) in [6.45, 7) is 5.33. The number of hydrogen-bond acceptors (Lipinski definition) is 2. The van der Waals surface area contributed by atoms with Gasteiger partial charge in [0.1, 0.15) is 0 Å². The highest BCUT2D eigenvalue weighted by Crippen LogP contribution is 2.36. The molecule has 2 amide bonds. The van der Waals surface area contributed by atoms with Gasteiger partial charge in [0.05, 0.1) is 0 Å². The van der Waals surface area contributed by atoms with Crippen molar-refractivity contribution in [1.29, 1.82) is 0 Å². The van der Waals surface area contributed by atoms with Crippen LogP contribution in [0.1, 0.15) is 51.9 Å². The number of hydrogen-bond donors (Lipinski definition) is 1. The summed E-state index contributed by atoms with van der Waals surface area (Å²) in [6.07, 6.45) is 8.37. The Hall–Kier alpha value is -0.770. The van der Waals surface area contributed by atoms with Crippen molar-refractivity contribution in [2.45, 2.75) is 57.9 Å². The van der Waals surface area contributed by atoms with Gasteiger partial charge in [-0.2, -0.15) is 0 Å². The fraction of sp³-hybridized carbons (Fsp3) is 0.933. The average molecular weight is 268 g/mol. The molecule has 4 heteroatoms. The number of urea groups is 1. The summed E-state index contributed by atoms with van der Waals surface area (Å²) in [6, 6.07) is 0.685. The number of nitrogens with zero attached hydrogens (tertiary/aromatic N) is 1. The Kier molecular flexibility index (Phi) is 5.95. The van der Waals surface area contributed by atoms with Crippen molar-refractivity contribution in [3.05, 3.63) is 0 Å². The van der Waals surface area contributed by atoms with E-state index < -0.39 is 0 Å². The molecule has 0 unspecified atom stereocenters. The number of ether oxygens (including phenoxy) is 1. The molecule has 2 atom stereocenters. The van der Waals surface area contributed by atoms with Gasteiger partial charge in [-0.15, -0.1) is 0 Å². The molecule has 2 rings (SSSR count). The lowest BCUT2D eigenvalue weighted by Gasteiger charge is -2.37. The second-order valence-corrected chi connectivity index (χ2v) is 5.73. The topological polar surface area (TPSA) is 41.6 Å². The number of nitrogens with one attached hydrogen (secondary N) is 1. The molecule has 1 saturated carbocycles. The van der Waals surface area contributed by atoms with Gasteiger partial charge in [0.2, 0.25) is 0 Å². The SMILES string of the molecule is CCOCCCCNC(=O)N1CCC[C@@H]2CCC[C@H]21. The van der Waals surface area contributed by atoms with Crippen molar-refractivity contribution in [3.63, 3.8) is 0 Å². The third kappa shape index (κ3) is 4.10. The number of rotatable bonds is 6. The molecule has 0 aromatic rings. The lowest BCUT2D eigenvalue weighted by atomic mass is 9.92. The number of fused-ring (bicyclic) bond motifs is 1. The highest BCUT2D eigenvalue weighted by Gasteiger charge is 2.37. The molecule has 2 fully saturated rings. The molecule has 1 N–H and O–H groups in total. The standard InChI is InChI=1S/C15H28N2O2/c1-2-19-12-4-3-10-16-15(18)17-11-6-8-13-7-5-9-14(13)17/h13-14H,2-12H2,1H3,(H,16,18)/t13-,14+/m0/s1. The number of piperidine rings is 1. The van der Waals surface area contributed by atoms with Crippen LogP contribution >= 0.6 is 0 Å². The lowest BCUT2D eigenvalue weighted by Crippen LogP contribution is -2.50. The Morgan fingerprint density at radius 1 is 1.26 bits per heavy atom. The third-order valence-electron chi connectivity index (χ3n) is 4.45. The third-order valence-corrected chi connectivity index (χ3v) is 4.45. The van der Waals surface area contributed by atoms with E-state index >= 15 is 0 Å². The van der Waals surface area contributed by atoms with Crippen LogP contribution in [0.25, 0.3) is 0 Å². The Bertz CT molecular complexity index is 283. The highest BCUT2D eigenvalue weighted by atomic mass is 16.5. The van der Waals surface area contributed by atoms with Crippen molar-refractivity contribution < 1.29 is 9.53 Å². The van der Waals surface area contributed by atoms with Crippen LogP contribution in [0.4, 0.5) is 4.79 Å². The molecule has 1 saturated heterocycles. The van der Waals surface area contributed by atoms with E-state index in [0.29, 0.717) is 6.04 Å².